The van der Waals surface area contributed by atoms with Crippen LogP contribution in [0.15, 0.2) is 85.1 Å². The van der Waals surface area contributed by atoms with Crippen LogP contribution in [0.4, 0.5) is 0 Å². The molecule has 0 aromatic heterocycles. The van der Waals surface area contributed by atoms with Crippen LogP contribution in [0, 0.1) is 0 Å². The number of allylic oxidation sites excluding steroid dienone is 14. The smallest absolute Gasteiger partial charge is 0.462 e. The topological polar surface area (TPSA) is 134 Å². The van der Waals surface area contributed by atoms with Gasteiger partial charge >= 0.3 is 19.8 Å². The molecule has 0 saturated heterocycles. The van der Waals surface area contributed by atoms with Crippen LogP contribution in [-0.2, 0) is 32.7 Å². The third kappa shape index (κ3) is 68.3. The molecule has 0 aliphatic heterocycles. The lowest BCUT2D eigenvalue weighted by Gasteiger charge is -2.19. The lowest BCUT2D eigenvalue weighted by molar-refractivity contribution is -0.161. The first-order valence-electron chi connectivity index (χ1n) is 35.6. The van der Waals surface area contributed by atoms with Gasteiger partial charge in [0.1, 0.15) is 6.61 Å². The van der Waals surface area contributed by atoms with Crippen LogP contribution in [0.2, 0.25) is 0 Å². The molecule has 0 spiro atoms. The van der Waals surface area contributed by atoms with Gasteiger partial charge in [-0.1, -0.05) is 349 Å². The van der Waals surface area contributed by atoms with Crippen LogP contribution in [-0.4, -0.2) is 49.3 Å². The molecule has 0 amide bonds. The Morgan fingerprint density at radius 2 is 0.655 bits per heavy atom. The number of carbonyl (C=O) groups excluding carboxylic acids is 2. The van der Waals surface area contributed by atoms with Gasteiger partial charge in [-0.3, -0.25) is 18.6 Å². The van der Waals surface area contributed by atoms with E-state index in [1.165, 1.54) is 238 Å². The average Bonchev–Trinajstić information content (AvgIpc) is 3.58. The van der Waals surface area contributed by atoms with Gasteiger partial charge in [-0.2, -0.15) is 0 Å². The van der Waals surface area contributed by atoms with Crippen LogP contribution in [0.1, 0.15) is 341 Å². The predicted octanol–water partition coefficient (Wildman–Crippen LogP) is 23.4. The number of hydrogen-bond acceptors (Lipinski definition) is 8. The Morgan fingerprint density at radius 1 is 0.369 bits per heavy atom. The second-order valence-electron chi connectivity index (χ2n) is 23.7. The van der Waals surface area contributed by atoms with Gasteiger partial charge in [-0.15, -0.1) is 0 Å². The van der Waals surface area contributed by atoms with Crippen molar-refractivity contribution in [1.82, 2.24) is 0 Å². The van der Waals surface area contributed by atoms with E-state index in [-0.39, 0.29) is 32.6 Å². The molecular weight excluding hydrogens is 1060 g/mol. The zero-order chi connectivity index (χ0) is 60.9. The minimum atomic E-state index is -4.41. The van der Waals surface area contributed by atoms with Crippen molar-refractivity contribution in [3.63, 3.8) is 0 Å². The highest BCUT2D eigenvalue weighted by atomic mass is 31.2. The third-order valence-electron chi connectivity index (χ3n) is 15.5. The highest BCUT2D eigenvalue weighted by Crippen LogP contribution is 2.43. The number of esters is 2. The average molecular weight is 1200 g/mol. The maximum Gasteiger partial charge on any atom is 0.472 e. The van der Waals surface area contributed by atoms with Crippen molar-refractivity contribution >= 4 is 19.8 Å². The predicted molar refractivity (Wildman–Crippen MR) is 362 cm³/mol. The van der Waals surface area contributed by atoms with Gasteiger partial charge in [-0.05, 0) is 64.2 Å². The van der Waals surface area contributed by atoms with E-state index >= 15 is 0 Å². The van der Waals surface area contributed by atoms with Gasteiger partial charge in [0.05, 0.1) is 13.2 Å². The maximum atomic E-state index is 12.7. The van der Waals surface area contributed by atoms with Gasteiger partial charge < -0.3 is 20.1 Å². The summed E-state index contributed by atoms with van der Waals surface area (Å²) >= 11 is 0. The fraction of sp³-hybridized carbons (Fsp3) is 0.784. The zero-order valence-corrected chi connectivity index (χ0v) is 55.8. The number of carbonyl (C=O) groups is 2. The molecule has 2 atom stereocenters. The number of phosphoric ester groups is 1. The van der Waals surface area contributed by atoms with Crippen molar-refractivity contribution in [2.75, 3.05) is 26.4 Å². The Bertz CT molecular complexity index is 1650. The molecule has 3 N–H and O–H groups in total. The zero-order valence-electron chi connectivity index (χ0n) is 54.9. The summed E-state index contributed by atoms with van der Waals surface area (Å²) in [7, 11) is -4.41. The van der Waals surface area contributed by atoms with E-state index in [1.54, 1.807) is 0 Å². The summed E-state index contributed by atoms with van der Waals surface area (Å²) in [5.41, 5.74) is 5.39. The quantitative estimate of drug-likeness (QED) is 0.0264. The van der Waals surface area contributed by atoms with Crippen molar-refractivity contribution in [2.45, 2.75) is 347 Å². The Balaban J connectivity index is 3.82. The van der Waals surface area contributed by atoms with Gasteiger partial charge in [0, 0.05) is 19.4 Å². The van der Waals surface area contributed by atoms with E-state index in [0.29, 0.717) is 12.8 Å². The van der Waals surface area contributed by atoms with E-state index in [0.717, 1.165) is 64.2 Å². The van der Waals surface area contributed by atoms with E-state index in [2.05, 4.69) is 92.8 Å². The fourth-order valence-corrected chi connectivity index (χ4v) is 11.1. The standard InChI is InChI=1S/C74H134NO8P/c1-3-5-7-9-11-13-15-17-19-21-23-25-27-28-29-30-31-32-33-34-35-36-37-38-39-40-41-42-43-45-46-48-50-52-54-56-58-60-62-64-66-73(76)80-70-72(71-82-84(78,79)81-69-68-75)83-74(77)67-65-63-61-59-57-55-53-51-49-47-44-26-24-22-20-18-16-14-12-10-8-6-4-2/h6,8,12,14,18,20,24,26,47,49,53,55,59,61,72H,3-5,7,9-11,13,15-17,19,21-23,25,27-46,48,50-52,54,56-58,60,62-71,75H2,1-2H3,(H,78,79)/b8-6-,14-12-,20-18-,26-24-,49-47-,55-53-,61-59-. The Hall–Kier alpha value is -2.81. The molecule has 2 unspecified atom stereocenters. The Labute approximate surface area is 519 Å². The first-order valence-corrected chi connectivity index (χ1v) is 37.1. The number of nitrogens with two attached hydrogens (primary N) is 1. The molecule has 0 aromatic rings. The number of rotatable bonds is 67. The summed E-state index contributed by atoms with van der Waals surface area (Å²) in [5.74, 6) is -0.890. The van der Waals surface area contributed by atoms with Gasteiger partial charge in [-0.25, -0.2) is 4.57 Å². The Morgan fingerprint density at radius 3 is 0.964 bits per heavy atom. The normalized spacial score (nSPS) is 13.4. The molecular formula is C74H134NO8P. The minimum absolute atomic E-state index is 0.0413. The summed E-state index contributed by atoms with van der Waals surface area (Å²) in [4.78, 5) is 35.3. The molecule has 0 aromatic carbocycles. The molecule has 9 nitrogen and oxygen atoms in total. The molecule has 0 saturated carbocycles. The van der Waals surface area contributed by atoms with Crippen molar-refractivity contribution in [3.05, 3.63) is 85.1 Å². The lowest BCUT2D eigenvalue weighted by Crippen LogP contribution is -2.29. The number of ether oxygens (including phenoxy) is 2. The molecule has 10 heteroatoms. The molecule has 0 aliphatic rings. The summed E-state index contributed by atoms with van der Waals surface area (Å²) in [6.45, 7) is 3.60. The summed E-state index contributed by atoms with van der Waals surface area (Å²) in [5, 5.41) is 0. The van der Waals surface area contributed by atoms with Gasteiger partial charge in [0.2, 0.25) is 0 Å². The number of hydrogen-bond donors (Lipinski definition) is 2. The van der Waals surface area contributed by atoms with Crippen LogP contribution in [0.25, 0.3) is 0 Å². The minimum Gasteiger partial charge on any atom is -0.462 e. The van der Waals surface area contributed by atoms with Crippen molar-refractivity contribution in [3.8, 4) is 0 Å². The number of unbranched alkanes of at least 4 members (excludes halogenated alkanes) is 40. The summed E-state index contributed by atoms with van der Waals surface area (Å²) in [6.07, 6.45) is 93.0. The van der Waals surface area contributed by atoms with Crippen LogP contribution in [0.5, 0.6) is 0 Å². The van der Waals surface area contributed by atoms with Crippen molar-refractivity contribution in [2.24, 2.45) is 5.73 Å². The van der Waals surface area contributed by atoms with Crippen molar-refractivity contribution < 1.29 is 37.6 Å². The first kappa shape index (κ1) is 81.2. The second kappa shape index (κ2) is 69.3. The SMILES string of the molecule is CC/C=C\C/C=C\C/C=C\C/C=C\C/C=C\C/C=C\C/C=C\CCCC(=O)OC(COC(=O)CCCCCCCCCCCCCCCCCCCCCCCCCCCCCCCCCCCCCCCCCC)COP(=O)(O)OCCN. The number of phosphoric acid groups is 1. The fourth-order valence-electron chi connectivity index (χ4n) is 10.3. The van der Waals surface area contributed by atoms with Gasteiger partial charge in [0.25, 0.3) is 0 Å². The summed E-state index contributed by atoms with van der Waals surface area (Å²) < 4.78 is 33.1. The monoisotopic (exact) mass is 1200 g/mol. The molecule has 0 aliphatic carbocycles. The maximum absolute atomic E-state index is 12.7. The third-order valence-corrected chi connectivity index (χ3v) is 16.5. The molecule has 84 heavy (non-hydrogen) atoms. The molecule has 0 rings (SSSR count). The van der Waals surface area contributed by atoms with Crippen LogP contribution in [0.3, 0.4) is 0 Å². The van der Waals surface area contributed by atoms with E-state index < -0.39 is 32.5 Å². The van der Waals surface area contributed by atoms with Crippen molar-refractivity contribution in [1.29, 1.82) is 0 Å². The molecule has 488 valence electrons. The van der Waals surface area contributed by atoms with E-state index in [1.807, 2.05) is 6.08 Å². The molecule has 0 bridgehead atoms. The largest absolute Gasteiger partial charge is 0.472 e. The molecule has 0 radical (unpaired) electrons. The summed E-state index contributed by atoms with van der Waals surface area (Å²) in [6, 6.07) is 0. The lowest BCUT2D eigenvalue weighted by atomic mass is 10.0. The Kier molecular flexibility index (Phi) is 67.0. The highest BCUT2D eigenvalue weighted by molar-refractivity contribution is 7.47. The molecule has 0 heterocycles. The first-order chi connectivity index (χ1) is 41.3. The highest BCUT2D eigenvalue weighted by Gasteiger charge is 2.26. The molecule has 0 fully saturated rings. The van der Waals surface area contributed by atoms with Crippen LogP contribution < -0.4 is 5.73 Å². The second-order valence-corrected chi connectivity index (χ2v) is 25.2. The van der Waals surface area contributed by atoms with E-state index in [9.17, 15) is 19.0 Å². The van der Waals surface area contributed by atoms with E-state index in [4.69, 9.17) is 24.3 Å². The van der Waals surface area contributed by atoms with Crippen LogP contribution >= 0.6 is 7.82 Å². The van der Waals surface area contributed by atoms with Gasteiger partial charge in [0.15, 0.2) is 6.10 Å².